The van der Waals surface area contributed by atoms with Gasteiger partial charge in [0.15, 0.2) is 5.78 Å². The molecular weight excluding hydrogens is 296 g/mol. The van der Waals surface area contributed by atoms with Crippen LogP contribution in [-0.2, 0) is 12.8 Å². The Morgan fingerprint density at radius 3 is 2.67 bits per heavy atom. The van der Waals surface area contributed by atoms with Crippen molar-refractivity contribution < 1.29 is 4.79 Å². The van der Waals surface area contributed by atoms with Crippen molar-refractivity contribution in [2.24, 2.45) is 5.92 Å². The predicted octanol–water partition coefficient (Wildman–Crippen LogP) is 3.46. The number of fused-ring (bicyclic) bond motifs is 1. The van der Waals surface area contributed by atoms with Gasteiger partial charge in [-0.15, -0.1) is 0 Å². The molecule has 2 aliphatic rings. The van der Waals surface area contributed by atoms with E-state index in [1.165, 1.54) is 50.0 Å². The Morgan fingerprint density at radius 2 is 1.92 bits per heavy atom. The van der Waals surface area contributed by atoms with E-state index in [4.69, 9.17) is 0 Å². The fourth-order valence-electron chi connectivity index (χ4n) is 4.13. The van der Waals surface area contributed by atoms with Crippen molar-refractivity contribution in [1.82, 2.24) is 10.2 Å². The third-order valence-corrected chi connectivity index (χ3v) is 5.84. The monoisotopic (exact) mass is 328 g/mol. The van der Waals surface area contributed by atoms with Crippen molar-refractivity contribution in [3.05, 3.63) is 34.9 Å². The van der Waals surface area contributed by atoms with Gasteiger partial charge in [-0.2, -0.15) is 0 Å². The topological polar surface area (TPSA) is 32.3 Å². The molecule has 3 nitrogen and oxygen atoms in total. The van der Waals surface area contributed by atoms with Crippen LogP contribution in [0.15, 0.2) is 18.2 Å². The second-order valence-corrected chi connectivity index (χ2v) is 7.43. The number of likely N-dealkylation sites (tertiary alicyclic amines) is 1. The number of hydrogen-bond donors (Lipinski definition) is 1. The summed E-state index contributed by atoms with van der Waals surface area (Å²) in [5.41, 5.74) is 3.72. The molecule has 1 saturated heterocycles. The molecule has 0 amide bonds. The molecule has 0 bridgehead atoms. The van der Waals surface area contributed by atoms with E-state index in [-0.39, 0.29) is 0 Å². The Labute approximate surface area is 146 Å². The molecule has 132 valence electrons. The first-order valence-corrected chi connectivity index (χ1v) is 9.84. The summed E-state index contributed by atoms with van der Waals surface area (Å²) >= 11 is 0. The molecule has 0 atom stereocenters. The predicted molar refractivity (Wildman–Crippen MR) is 99.7 cm³/mol. The lowest BCUT2D eigenvalue weighted by molar-refractivity contribution is 0.0974. The highest BCUT2D eigenvalue weighted by Gasteiger charge is 2.18. The Hall–Kier alpha value is -1.19. The number of nitrogens with zero attached hydrogens (tertiary/aromatic N) is 1. The molecule has 3 rings (SSSR count). The van der Waals surface area contributed by atoms with E-state index in [1.54, 1.807) is 0 Å². The molecule has 0 radical (unpaired) electrons. The summed E-state index contributed by atoms with van der Waals surface area (Å²) in [4.78, 5) is 15.1. The van der Waals surface area contributed by atoms with Crippen LogP contribution in [0.5, 0.6) is 0 Å². The van der Waals surface area contributed by atoms with Crippen molar-refractivity contribution in [2.75, 3.05) is 32.7 Å². The SMILES string of the molecule is CCN1CCC(CCCC(=O)c2ccc3c(c2)CCNCC3)CC1. The summed E-state index contributed by atoms with van der Waals surface area (Å²) in [6.45, 7) is 7.99. The van der Waals surface area contributed by atoms with E-state index >= 15 is 0 Å². The number of Topliss-reactive ketones (excluding diaryl/α,β-unsaturated/α-hetero) is 1. The van der Waals surface area contributed by atoms with Gasteiger partial charge in [0, 0.05) is 12.0 Å². The number of rotatable bonds is 6. The van der Waals surface area contributed by atoms with Gasteiger partial charge < -0.3 is 10.2 Å². The Morgan fingerprint density at radius 1 is 1.17 bits per heavy atom. The molecule has 2 aliphatic heterocycles. The summed E-state index contributed by atoms with van der Waals surface area (Å²) in [5.74, 6) is 1.17. The zero-order valence-corrected chi connectivity index (χ0v) is 15.2. The molecule has 0 spiro atoms. The first-order chi connectivity index (χ1) is 11.8. The van der Waals surface area contributed by atoms with Gasteiger partial charge in [0.1, 0.15) is 0 Å². The Kier molecular flexibility index (Phi) is 6.44. The van der Waals surface area contributed by atoms with Gasteiger partial charge in [-0.25, -0.2) is 0 Å². The molecule has 0 unspecified atom stereocenters. The smallest absolute Gasteiger partial charge is 0.162 e. The molecule has 2 heterocycles. The van der Waals surface area contributed by atoms with Crippen LogP contribution < -0.4 is 5.32 Å². The number of piperidine rings is 1. The second-order valence-electron chi connectivity index (χ2n) is 7.43. The van der Waals surface area contributed by atoms with Crippen LogP contribution >= 0.6 is 0 Å². The van der Waals surface area contributed by atoms with Gasteiger partial charge in [-0.1, -0.05) is 19.1 Å². The number of hydrogen-bond acceptors (Lipinski definition) is 3. The molecule has 0 aliphatic carbocycles. The maximum atomic E-state index is 12.5. The third kappa shape index (κ3) is 4.67. The first kappa shape index (κ1) is 17.6. The number of carbonyl (C=O) groups is 1. The van der Waals surface area contributed by atoms with Crippen LogP contribution in [0.3, 0.4) is 0 Å². The minimum Gasteiger partial charge on any atom is -0.316 e. The van der Waals surface area contributed by atoms with Crippen LogP contribution in [0.2, 0.25) is 0 Å². The number of carbonyl (C=O) groups excluding carboxylic acids is 1. The average Bonchev–Trinajstić information content (AvgIpc) is 2.87. The zero-order valence-electron chi connectivity index (χ0n) is 15.2. The number of nitrogens with one attached hydrogen (secondary N) is 1. The fraction of sp³-hybridized carbons (Fsp3) is 0.667. The molecule has 1 aromatic carbocycles. The summed E-state index contributed by atoms with van der Waals surface area (Å²) in [6, 6.07) is 6.38. The van der Waals surface area contributed by atoms with Gasteiger partial charge in [0.25, 0.3) is 0 Å². The van der Waals surface area contributed by atoms with Crippen molar-refractivity contribution in [2.45, 2.75) is 51.9 Å². The summed E-state index contributed by atoms with van der Waals surface area (Å²) < 4.78 is 0. The zero-order chi connectivity index (χ0) is 16.8. The van der Waals surface area contributed by atoms with Crippen LogP contribution in [0.4, 0.5) is 0 Å². The van der Waals surface area contributed by atoms with Gasteiger partial charge in [0.2, 0.25) is 0 Å². The van der Waals surface area contributed by atoms with E-state index in [9.17, 15) is 4.79 Å². The van der Waals surface area contributed by atoms with Crippen LogP contribution in [0, 0.1) is 5.92 Å². The lowest BCUT2D eigenvalue weighted by atomic mass is 9.90. The molecule has 3 heteroatoms. The van der Waals surface area contributed by atoms with E-state index in [2.05, 4.69) is 29.3 Å². The van der Waals surface area contributed by atoms with E-state index in [1.807, 2.05) is 6.07 Å². The standard InChI is InChI=1S/C21H32N2O/c1-2-23-14-10-17(11-15-23)4-3-5-21(24)20-7-6-18-8-12-22-13-9-19(18)16-20/h6-7,16-17,22H,2-5,8-15H2,1H3. The lowest BCUT2D eigenvalue weighted by Gasteiger charge is -2.30. The minimum atomic E-state index is 0.334. The summed E-state index contributed by atoms with van der Waals surface area (Å²) in [7, 11) is 0. The van der Waals surface area contributed by atoms with Gasteiger partial charge in [-0.05, 0) is 94.4 Å². The highest BCUT2D eigenvalue weighted by molar-refractivity contribution is 5.96. The van der Waals surface area contributed by atoms with Gasteiger partial charge in [0.05, 0.1) is 0 Å². The van der Waals surface area contributed by atoms with Crippen molar-refractivity contribution >= 4 is 5.78 Å². The average molecular weight is 329 g/mol. The van der Waals surface area contributed by atoms with Gasteiger partial charge >= 0.3 is 0 Å². The Bertz CT molecular complexity index is 547. The molecule has 0 aromatic heterocycles. The summed E-state index contributed by atoms with van der Waals surface area (Å²) in [6.07, 6.45) is 7.74. The van der Waals surface area contributed by atoms with Crippen LogP contribution in [-0.4, -0.2) is 43.4 Å². The number of benzene rings is 1. The fourth-order valence-corrected chi connectivity index (χ4v) is 4.13. The molecular formula is C21H32N2O. The minimum absolute atomic E-state index is 0.334. The maximum Gasteiger partial charge on any atom is 0.162 e. The van der Waals surface area contributed by atoms with Crippen molar-refractivity contribution in [3.8, 4) is 0 Å². The molecule has 24 heavy (non-hydrogen) atoms. The number of ketones is 1. The van der Waals surface area contributed by atoms with E-state index in [0.717, 1.165) is 43.8 Å². The normalized spacial score (nSPS) is 19.7. The quantitative estimate of drug-likeness (QED) is 0.812. The van der Waals surface area contributed by atoms with Gasteiger partial charge in [-0.3, -0.25) is 4.79 Å². The van der Waals surface area contributed by atoms with E-state index in [0.29, 0.717) is 12.2 Å². The highest BCUT2D eigenvalue weighted by atomic mass is 16.1. The van der Waals surface area contributed by atoms with E-state index < -0.39 is 0 Å². The third-order valence-electron chi connectivity index (χ3n) is 5.84. The lowest BCUT2D eigenvalue weighted by Crippen LogP contribution is -2.33. The van der Waals surface area contributed by atoms with Crippen molar-refractivity contribution in [1.29, 1.82) is 0 Å². The molecule has 1 aromatic rings. The second kappa shape index (κ2) is 8.77. The summed E-state index contributed by atoms with van der Waals surface area (Å²) in [5, 5.41) is 3.43. The highest BCUT2D eigenvalue weighted by Crippen LogP contribution is 2.23. The molecule has 1 N–H and O–H groups in total. The van der Waals surface area contributed by atoms with Crippen LogP contribution in [0.1, 0.15) is 60.5 Å². The largest absolute Gasteiger partial charge is 0.316 e. The van der Waals surface area contributed by atoms with Crippen LogP contribution in [0.25, 0.3) is 0 Å². The maximum absolute atomic E-state index is 12.5. The molecule has 0 saturated carbocycles. The Balaban J connectivity index is 1.46. The first-order valence-electron chi connectivity index (χ1n) is 9.84. The van der Waals surface area contributed by atoms with Crippen molar-refractivity contribution in [3.63, 3.8) is 0 Å². The molecule has 1 fully saturated rings.